The van der Waals surface area contributed by atoms with Gasteiger partial charge < -0.3 is 5.32 Å². The highest BCUT2D eigenvalue weighted by Gasteiger charge is 2.22. The lowest BCUT2D eigenvalue weighted by Gasteiger charge is -2.22. The van der Waals surface area contributed by atoms with Gasteiger partial charge in [0.25, 0.3) is 0 Å². The monoisotopic (exact) mass is 323 g/mol. The minimum absolute atomic E-state index is 0.0486. The van der Waals surface area contributed by atoms with Crippen molar-refractivity contribution in [2.75, 3.05) is 0 Å². The molecule has 0 bridgehead atoms. The van der Waals surface area contributed by atoms with Gasteiger partial charge in [0, 0.05) is 12.0 Å². The van der Waals surface area contributed by atoms with Crippen LogP contribution in [-0.4, -0.2) is 17.9 Å². The number of benzene rings is 2. The van der Waals surface area contributed by atoms with Gasteiger partial charge in [0.15, 0.2) is 5.78 Å². The Kier molecular flexibility index (Phi) is 6.33. The summed E-state index contributed by atoms with van der Waals surface area (Å²) >= 11 is 0. The predicted molar refractivity (Wildman–Crippen MR) is 102 cm³/mol. The second kappa shape index (κ2) is 8.25. The Bertz CT molecular complexity index is 671. The molecule has 128 valence electrons. The molecule has 0 aliphatic carbocycles. The third kappa shape index (κ3) is 4.78. The Balaban J connectivity index is 2.17. The first-order chi connectivity index (χ1) is 11.4. The van der Waals surface area contributed by atoms with Crippen molar-refractivity contribution >= 4 is 5.78 Å². The summed E-state index contributed by atoms with van der Waals surface area (Å²) in [6.45, 7) is 10.2. The number of hydrogen-bond acceptors (Lipinski definition) is 2. The van der Waals surface area contributed by atoms with E-state index < -0.39 is 0 Å². The molecule has 0 fully saturated rings. The van der Waals surface area contributed by atoms with Crippen molar-refractivity contribution < 1.29 is 4.79 Å². The lowest BCUT2D eigenvalue weighted by molar-refractivity contribution is -0.124. The van der Waals surface area contributed by atoms with Crippen molar-refractivity contribution in [2.45, 2.75) is 53.1 Å². The standard InChI is InChI=1S/C22H29NO/c1-15(2)22(24)21(23-16(3)4)14-18-10-12-19(13-11-18)20-9-7-6-8-17(20)5/h6-13,15-16,21,23H,14H2,1-5H3. The third-order valence-electron chi connectivity index (χ3n) is 4.30. The lowest BCUT2D eigenvalue weighted by Crippen LogP contribution is -2.44. The van der Waals surface area contributed by atoms with Gasteiger partial charge in [-0.05, 0) is 35.6 Å². The molecule has 0 amide bonds. The highest BCUT2D eigenvalue weighted by molar-refractivity contribution is 5.86. The van der Waals surface area contributed by atoms with E-state index in [1.165, 1.54) is 22.3 Å². The van der Waals surface area contributed by atoms with E-state index in [9.17, 15) is 4.79 Å². The van der Waals surface area contributed by atoms with Crippen LogP contribution in [-0.2, 0) is 11.2 Å². The Morgan fingerprint density at radius 3 is 2.12 bits per heavy atom. The zero-order valence-electron chi connectivity index (χ0n) is 15.5. The first-order valence-electron chi connectivity index (χ1n) is 8.83. The molecular weight excluding hydrogens is 294 g/mol. The quantitative estimate of drug-likeness (QED) is 0.793. The molecule has 1 atom stereocenters. The molecular formula is C22H29NO. The number of nitrogens with one attached hydrogen (secondary N) is 1. The van der Waals surface area contributed by atoms with Gasteiger partial charge in [-0.1, -0.05) is 76.2 Å². The van der Waals surface area contributed by atoms with E-state index in [1.807, 2.05) is 13.8 Å². The summed E-state index contributed by atoms with van der Waals surface area (Å²) in [4.78, 5) is 12.5. The Labute approximate surface area is 146 Å². The van der Waals surface area contributed by atoms with Gasteiger partial charge in [-0.2, -0.15) is 0 Å². The Morgan fingerprint density at radius 1 is 0.958 bits per heavy atom. The SMILES string of the molecule is Cc1ccccc1-c1ccc(CC(NC(C)C)C(=O)C(C)C)cc1. The molecule has 2 aromatic rings. The lowest BCUT2D eigenvalue weighted by atomic mass is 9.93. The fourth-order valence-corrected chi connectivity index (χ4v) is 3.00. The van der Waals surface area contributed by atoms with Crippen LogP contribution in [0.15, 0.2) is 48.5 Å². The van der Waals surface area contributed by atoms with Crippen LogP contribution in [0.3, 0.4) is 0 Å². The molecule has 0 aromatic heterocycles. The topological polar surface area (TPSA) is 29.1 Å². The summed E-state index contributed by atoms with van der Waals surface area (Å²) in [5, 5.41) is 3.42. The fourth-order valence-electron chi connectivity index (χ4n) is 3.00. The van der Waals surface area contributed by atoms with Crippen LogP contribution in [0.25, 0.3) is 11.1 Å². The first-order valence-corrected chi connectivity index (χ1v) is 8.83. The molecule has 0 saturated carbocycles. The van der Waals surface area contributed by atoms with Crippen molar-refractivity contribution in [1.29, 1.82) is 0 Å². The van der Waals surface area contributed by atoms with Crippen molar-refractivity contribution in [3.05, 3.63) is 59.7 Å². The maximum Gasteiger partial charge on any atom is 0.152 e. The van der Waals surface area contributed by atoms with Gasteiger partial charge in [-0.25, -0.2) is 0 Å². The summed E-state index contributed by atoms with van der Waals surface area (Å²) in [7, 11) is 0. The van der Waals surface area contributed by atoms with E-state index in [-0.39, 0.29) is 17.7 Å². The molecule has 1 unspecified atom stereocenters. The maximum atomic E-state index is 12.5. The van der Waals surface area contributed by atoms with E-state index in [4.69, 9.17) is 0 Å². The van der Waals surface area contributed by atoms with E-state index in [0.717, 1.165) is 6.42 Å². The molecule has 0 aliphatic rings. The zero-order chi connectivity index (χ0) is 17.7. The van der Waals surface area contributed by atoms with Crippen molar-refractivity contribution in [3.8, 4) is 11.1 Å². The number of carbonyl (C=O) groups is 1. The van der Waals surface area contributed by atoms with E-state index >= 15 is 0 Å². The molecule has 0 radical (unpaired) electrons. The van der Waals surface area contributed by atoms with Gasteiger partial charge in [-0.15, -0.1) is 0 Å². The van der Waals surface area contributed by atoms with Crippen molar-refractivity contribution in [2.24, 2.45) is 5.92 Å². The van der Waals surface area contributed by atoms with Crippen molar-refractivity contribution in [1.82, 2.24) is 5.32 Å². The van der Waals surface area contributed by atoms with E-state index in [0.29, 0.717) is 6.04 Å². The fraction of sp³-hybridized carbons (Fsp3) is 0.409. The highest BCUT2D eigenvalue weighted by atomic mass is 16.1. The van der Waals surface area contributed by atoms with Crippen molar-refractivity contribution in [3.63, 3.8) is 0 Å². The van der Waals surface area contributed by atoms with E-state index in [2.05, 4.69) is 74.6 Å². The summed E-state index contributed by atoms with van der Waals surface area (Å²) in [6.07, 6.45) is 0.739. The van der Waals surface area contributed by atoms with E-state index in [1.54, 1.807) is 0 Å². The first kappa shape index (κ1) is 18.4. The number of ketones is 1. The van der Waals surface area contributed by atoms with Crippen LogP contribution < -0.4 is 5.32 Å². The Morgan fingerprint density at radius 2 is 1.58 bits per heavy atom. The number of aryl methyl sites for hydroxylation is 1. The van der Waals surface area contributed by atoms with Crippen LogP contribution in [0.1, 0.15) is 38.8 Å². The number of hydrogen-bond donors (Lipinski definition) is 1. The molecule has 2 rings (SSSR count). The molecule has 0 saturated heterocycles. The van der Waals surface area contributed by atoms with Crippen LogP contribution in [0.2, 0.25) is 0 Å². The summed E-state index contributed by atoms with van der Waals surface area (Å²) < 4.78 is 0. The summed E-state index contributed by atoms with van der Waals surface area (Å²) in [6, 6.07) is 17.2. The normalized spacial score (nSPS) is 12.6. The Hall–Kier alpha value is -1.93. The molecule has 2 heteroatoms. The zero-order valence-corrected chi connectivity index (χ0v) is 15.5. The largest absolute Gasteiger partial charge is 0.305 e. The summed E-state index contributed by atoms with van der Waals surface area (Å²) in [5.41, 5.74) is 4.96. The van der Waals surface area contributed by atoms with Gasteiger partial charge in [-0.3, -0.25) is 4.79 Å². The number of carbonyl (C=O) groups excluding carboxylic acids is 1. The average molecular weight is 323 g/mol. The molecule has 2 nitrogen and oxygen atoms in total. The second-order valence-corrected chi connectivity index (χ2v) is 7.15. The maximum absolute atomic E-state index is 12.5. The number of rotatable bonds is 7. The van der Waals surface area contributed by atoms with Gasteiger partial charge in [0.2, 0.25) is 0 Å². The highest BCUT2D eigenvalue weighted by Crippen LogP contribution is 2.23. The smallest absolute Gasteiger partial charge is 0.152 e. The second-order valence-electron chi connectivity index (χ2n) is 7.15. The minimum Gasteiger partial charge on any atom is -0.305 e. The van der Waals surface area contributed by atoms with Crippen LogP contribution >= 0.6 is 0 Å². The molecule has 0 spiro atoms. The summed E-state index contributed by atoms with van der Waals surface area (Å²) in [5.74, 6) is 0.333. The molecule has 1 N–H and O–H groups in total. The predicted octanol–water partition coefficient (Wildman–Crippen LogP) is 4.80. The third-order valence-corrected chi connectivity index (χ3v) is 4.30. The van der Waals surface area contributed by atoms with Crippen LogP contribution in [0.4, 0.5) is 0 Å². The average Bonchev–Trinajstić information content (AvgIpc) is 2.54. The number of Topliss-reactive ketones (excluding diaryl/α,β-unsaturated/α-hetero) is 1. The van der Waals surface area contributed by atoms with Crippen LogP contribution in [0, 0.1) is 12.8 Å². The van der Waals surface area contributed by atoms with Gasteiger partial charge >= 0.3 is 0 Å². The molecule has 2 aromatic carbocycles. The van der Waals surface area contributed by atoms with Gasteiger partial charge in [0.1, 0.15) is 0 Å². The van der Waals surface area contributed by atoms with Crippen LogP contribution in [0.5, 0.6) is 0 Å². The molecule has 24 heavy (non-hydrogen) atoms. The molecule has 0 heterocycles. The minimum atomic E-state index is -0.116. The molecule has 0 aliphatic heterocycles. The van der Waals surface area contributed by atoms with Gasteiger partial charge in [0.05, 0.1) is 6.04 Å².